The summed E-state index contributed by atoms with van der Waals surface area (Å²) in [6.07, 6.45) is 3.19. The predicted molar refractivity (Wildman–Crippen MR) is 70.9 cm³/mol. The number of nitrogens with zero attached hydrogens (tertiary/aromatic N) is 1. The highest BCUT2D eigenvalue weighted by molar-refractivity contribution is 6.42. The van der Waals surface area contributed by atoms with Crippen LogP contribution in [0.4, 0.5) is 10.5 Å². The van der Waals surface area contributed by atoms with Crippen LogP contribution in [0.1, 0.15) is 5.69 Å². The fourth-order valence-corrected chi connectivity index (χ4v) is 1.60. The molecule has 1 aromatic heterocycles. The second-order valence-corrected chi connectivity index (χ2v) is 4.33. The zero-order chi connectivity index (χ0) is 13.0. The van der Waals surface area contributed by atoms with Crippen LogP contribution in [0.3, 0.4) is 0 Å². The van der Waals surface area contributed by atoms with Crippen LogP contribution in [0.2, 0.25) is 10.0 Å². The second kappa shape index (κ2) is 5.75. The third kappa shape index (κ3) is 3.38. The molecule has 0 atom stereocenters. The molecule has 2 amide bonds. The highest BCUT2D eigenvalue weighted by atomic mass is 35.5. The quantitative estimate of drug-likeness (QED) is 0.811. The van der Waals surface area contributed by atoms with Gasteiger partial charge >= 0.3 is 6.03 Å². The van der Waals surface area contributed by atoms with Gasteiger partial charge in [-0.1, -0.05) is 23.2 Å². The van der Waals surface area contributed by atoms with Crippen molar-refractivity contribution in [2.24, 2.45) is 0 Å². The van der Waals surface area contributed by atoms with Crippen molar-refractivity contribution in [3.05, 3.63) is 46.5 Å². The lowest BCUT2D eigenvalue weighted by Crippen LogP contribution is -2.28. The number of aromatic nitrogens is 2. The van der Waals surface area contributed by atoms with E-state index in [1.165, 1.54) is 0 Å². The Labute approximate surface area is 114 Å². The Kier molecular flexibility index (Phi) is 4.07. The third-order valence-corrected chi connectivity index (χ3v) is 2.91. The lowest BCUT2D eigenvalue weighted by atomic mass is 10.3. The van der Waals surface area contributed by atoms with Crippen molar-refractivity contribution in [3.63, 3.8) is 0 Å². The van der Waals surface area contributed by atoms with Gasteiger partial charge < -0.3 is 15.6 Å². The van der Waals surface area contributed by atoms with Gasteiger partial charge in [0.1, 0.15) is 0 Å². The maximum atomic E-state index is 11.6. The molecule has 1 heterocycles. The number of hydrogen-bond donors (Lipinski definition) is 3. The van der Waals surface area contributed by atoms with E-state index in [4.69, 9.17) is 23.2 Å². The van der Waals surface area contributed by atoms with Crippen LogP contribution in [-0.4, -0.2) is 16.0 Å². The van der Waals surface area contributed by atoms with Crippen LogP contribution in [-0.2, 0) is 6.54 Å². The zero-order valence-electron chi connectivity index (χ0n) is 9.21. The van der Waals surface area contributed by atoms with Gasteiger partial charge in [0.05, 0.1) is 28.6 Å². The summed E-state index contributed by atoms with van der Waals surface area (Å²) in [5, 5.41) is 6.15. The van der Waals surface area contributed by atoms with E-state index in [0.29, 0.717) is 22.3 Å². The number of amides is 2. The molecule has 0 aliphatic carbocycles. The largest absolute Gasteiger partial charge is 0.347 e. The summed E-state index contributed by atoms with van der Waals surface area (Å²) in [6, 6.07) is 4.54. The Balaban J connectivity index is 1.88. The van der Waals surface area contributed by atoms with Gasteiger partial charge in [-0.3, -0.25) is 0 Å². The van der Waals surface area contributed by atoms with E-state index in [1.54, 1.807) is 30.7 Å². The number of hydrogen-bond acceptors (Lipinski definition) is 2. The molecule has 0 aliphatic rings. The predicted octanol–water partition coefficient (Wildman–Crippen LogP) is 3.04. The summed E-state index contributed by atoms with van der Waals surface area (Å²) in [4.78, 5) is 18.3. The number of anilines is 1. The molecule has 5 nitrogen and oxygen atoms in total. The minimum atomic E-state index is -0.331. The van der Waals surface area contributed by atoms with E-state index in [0.717, 1.165) is 5.69 Å². The average molecular weight is 285 g/mol. The molecule has 0 bridgehead atoms. The van der Waals surface area contributed by atoms with Crippen LogP contribution in [0.5, 0.6) is 0 Å². The molecule has 0 radical (unpaired) electrons. The molecule has 18 heavy (non-hydrogen) atoms. The zero-order valence-corrected chi connectivity index (χ0v) is 10.7. The first kappa shape index (κ1) is 12.7. The molecule has 7 heteroatoms. The van der Waals surface area contributed by atoms with Gasteiger partial charge in [-0.2, -0.15) is 0 Å². The summed E-state index contributed by atoms with van der Waals surface area (Å²) < 4.78 is 0. The van der Waals surface area contributed by atoms with E-state index in [-0.39, 0.29) is 6.03 Å². The molecule has 0 spiro atoms. The van der Waals surface area contributed by atoms with Crippen LogP contribution < -0.4 is 10.6 Å². The smallest absolute Gasteiger partial charge is 0.319 e. The van der Waals surface area contributed by atoms with Crippen molar-refractivity contribution >= 4 is 34.9 Å². The Morgan fingerprint density at radius 1 is 1.33 bits per heavy atom. The van der Waals surface area contributed by atoms with Crippen molar-refractivity contribution in [3.8, 4) is 0 Å². The van der Waals surface area contributed by atoms with Crippen LogP contribution in [0.15, 0.2) is 30.7 Å². The van der Waals surface area contributed by atoms with Crippen molar-refractivity contribution in [1.29, 1.82) is 0 Å². The third-order valence-electron chi connectivity index (χ3n) is 2.17. The molecular weight excluding hydrogens is 275 g/mol. The van der Waals surface area contributed by atoms with E-state index in [2.05, 4.69) is 20.6 Å². The first-order valence-electron chi connectivity index (χ1n) is 5.12. The molecule has 0 unspecified atom stereocenters. The molecule has 0 saturated carbocycles. The van der Waals surface area contributed by atoms with Gasteiger partial charge in [0.15, 0.2) is 0 Å². The van der Waals surface area contributed by atoms with Gasteiger partial charge in [0, 0.05) is 11.9 Å². The monoisotopic (exact) mass is 284 g/mol. The fourth-order valence-electron chi connectivity index (χ4n) is 1.31. The van der Waals surface area contributed by atoms with Gasteiger partial charge in [0.25, 0.3) is 0 Å². The van der Waals surface area contributed by atoms with Crippen molar-refractivity contribution in [2.45, 2.75) is 6.54 Å². The fraction of sp³-hybridized carbons (Fsp3) is 0.0909. The lowest BCUT2D eigenvalue weighted by molar-refractivity contribution is 0.251. The summed E-state index contributed by atoms with van der Waals surface area (Å²) >= 11 is 11.6. The maximum absolute atomic E-state index is 11.6. The van der Waals surface area contributed by atoms with Gasteiger partial charge in [-0.15, -0.1) is 0 Å². The number of rotatable bonds is 3. The van der Waals surface area contributed by atoms with E-state index < -0.39 is 0 Å². The first-order valence-corrected chi connectivity index (χ1v) is 5.88. The number of carbonyl (C=O) groups excluding carboxylic acids is 1. The van der Waals surface area contributed by atoms with Crippen LogP contribution in [0, 0.1) is 0 Å². The minimum Gasteiger partial charge on any atom is -0.347 e. The summed E-state index contributed by atoms with van der Waals surface area (Å²) in [6.45, 7) is 0.368. The number of imidazole rings is 1. The number of urea groups is 1. The molecule has 2 rings (SSSR count). The average Bonchev–Trinajstić information content (AvgIpc) is 2.84. The number of aromatic amines is 1. The number of benzene rings is 1. The minimum absolute atomic E-state index is 0.331. The normalized spacial score (nSPS) is 10.1. The van der Waals surface area contributed by atoms with E-state index in [1.807, 2.05) is 0 Å². The summed E-state index contributed by atoms with van der Waals surface area (Å²) in [7, 11) is 0. The number of H-pyrrole nitrogens is 1. The first-order chi connectivity index (χ1) is 8.65. The van der Waals surface area contributed by atoms with Crippen LogP contribution >= 0.6 is 23.2 Å². The Morgan fingerprint density at radius 2 is 2.17 bits per heavy atom. The van der Waals surface area contributed by atoms with E-state index >= 15 is 0 Å². The SMILES string of the molecule is O=C(NCc1cnc[nH]1)Nc1ccc(Cl)c(Cl)c1. The number of halogens is 2. The van der Waals surface area contributed by atoms with Crippen molar-refractivity contribution < 1.29 is 4.79 Å². The summed E-state index contributed by atoms with van der Waals surface area (Å²) in [5.41, 5.74) is 1.39. The molecule has 2 aromatic rings. The maximum Gasteiger partial charge on any atom is 0.319 e. The Bertz CT molecular complexity index is 542. The Morgan fingerprint density at radius 3 is 2.83 bits per heavy atom. The van der Waals surface area contributed by atoms with Crippen LogP contribution in [0.25, 0.3) is 0 Å². The van der Waals surface area contributed by atoms with Gasteiger partial charge in [-0.05, 0) is 18.2 Å². The second-order valence-electron chi connectivity index (χ2n) is 3.51. The van der Waals surface area contributed by atoms with Crippen molar-refractivity contribution in [1.82, 2.24) is 15.3 Å². The van der Waals surface area contributed by atoms with Gasteiger partial charge in [0.2, 0.25) is 0 Å². The topological polar surface area (TPSA) is 69.8 Å². The molecular formula is C11H10Cl2N4O. The van der Waals surface area contributed by atoms with E-state index in [9.17, 15) is 4.79 Å². The van der Waals surface area contributed by atoms with Gasteiger partial charge in [-0.25, -0.2) is 9.78 Å². The number of carbonyl (C=O) groups is 1. The standard InChI is InChI=1S/C11H10Cl2N4O/c12-9-2-1-7(3-10(9)13)17-11(18)15-5-8-4-14-6-16-8/h1-4,6H,5H2,(H,14,16)(H2,15,17,18). The lowest BCUT2D eigenvalue weighted by Gasteiger charge is -2.07. The highest BCUT2D eigenvalue weighted by Crippen LogP contribution is 2.24. The molecule has 94 valence electrons. The molecule has 0 saturated heterocycles. The molecule has 3 N–H and O–H groups in total. The molecule has 0 fully saturated rings. The summed E-state index contributed by atoms with van der Waals surface area (Å²) in [5.74, 6) is 0. The molecule has 1 aromatic carbocycles. The Hall–Kier alpha value is -1.72. The van der Waals surface area contributed by atoms with Crippen molar-refractivity contribution in [2.75, 3.05) is 5.32 Å². The molecule has 0 aliphatic heterocycles. The highest BCUT2D eigenvalue weighted by Gasteiger charge is 2.04. The number of nitrogens with one attached hydrogen (secondary N) is 3.